The second-order valence-electron chi connectivity index (χ2n) is 4.80. The number of phenols is 1. The van der Waals surface area contributed by atoms with Gasteiger partial charge in [0, 0.05) is 6.07 Å². The van der Waals surface area contributed by atoms with Crippen LogP contribution >= 0.6 is 0 Å². The van der Waals surface area contributed by atoms with E-state index in [-0.39, 0.29) is 17.1 Å². The molecule has 1 aliphatic rings. The summed E-state index contributed by atoms with van der Waals surface area (Å²) < 4.78 is 10.3. The Balaban J connectivity index is 2.26. The summed E-state index contributed by atoms with van der Waals surface area (Å²) in [5.74, 6) is -1.90. The molecule has 0 radical (unpaired) electrons. The average Bonchev–Trinajstić information content (AvgIpc) is 2.47. The fraction of sp³-hybridized carbons (Fsp3) is 0.462. The molecule has 1 fully saturated rings. The first-order valence-corrected chi connectivity index (χ1v) is 6.38. The maximum absolute atomic E-state index is 11.1. The zero-order valence-corrected chi connectivity index (χ0v) is 11.2. The molecule has 0 aromatic heterocycles. The van der Waals surface area contributed by atoms with Crippen LogP contribution in [0.4, 0.5) is 0 Å². The number of hydrogen-bond donors (Lipinski definition) is 6. The molecular formula is C13H16O9. The summed E-state index contributed by atoms with van der Waals surface area (Å²) in [5.41, 5.74) is -0.297. The van der Waals surface area contributed by atoms with Crippen molar-refractivity contribution in [1.82, 2.24) is 0 Å². The van der Waals surface area contributed by atoms with Crippen LogP contribution in [0.3, 0.4) is 0 Å². The highest BCUT2D eigenvalue weighted by Gasteiger charge is 2.45. The van der Waals surface area contributed by atoms with Crippen LogP contribution < -0.4 is 4.74 Å². The van der Waals surface area contributed by atoms with Gasteiger partial charge in [-0.25, -0.2) is 4.79 Å². The Bertz CT molecular complexity index is 544. The van der Waals surface area contributed by atoms with Crippen molar-refractivity contribution in [1.29, 1.82) is 0 Å². The van der Waals surface area contributed by atoms with Crippen LogP contribution in [0.15, 0.2) is 18.2 Å². The first kappa shape index (κ1) is 16.5. The lowest BCUT2D eigenvalue weighted by atomic mass is 9.99. The Hall–Kier alpha value is -1.91. The number of ether oxygens (including phenoxy) is 2. The monoisotopic (exact) mass is 316 g/mol. The quantitative estimate of drug-likeness (QED) is 0.380. The predicted octanol–water partition coefficient (Wildman–Crippen LogP) is -1.73. The molecule has 0 amide bonds. The highest BCUT2D eigenvalue weighted by Crippen LogP contribution is 2.29. The van der Waals surface area contributed by atoms with Crippen LogP contribution in [-0.2, 0) is 4.74 Å². The number of carboxylic acids is 1. The van der Waals surface area contributed by atoms with Crippen molar-refractivity contribution in [2.24, 2.45) is 0 Å². The van der Waals surface area contributed by atoms with Gasteiger partial charge in [0.25, 0.3) is 0 Å². The molecule has 1 saturated heterocycles. The van der Waals surface area contributed by atoms with Gasteiger partial charge in [0.2, 0.25) is 6.29 Å². The van der Waals surface area contributed by atoms with Gasteiger partial charge in [-0.2, -0.15) is 0 Å². The Morgan fingerprint density at radius 1 is 1.18 bits per heavy atom. The minimum absolute atomic E-state index is 0.274. The van der Waals surface area contributed by atoms with Crippen molar-refractivity contribution in [3.05, 3.63) is 23.8 Å². The highest BCUT2D eigenvalue weighted by molar-refractivity contribution is 5.91. The summed E-state index contributed by atoms with van der Waals surface area (Å²) in [6.07, 6.45) is -7.60. The largest absolute Gasteiger partial charge is 0.508 e. The summed E-state index contributed by atoms with van der Waals surface area (Å²) in [6, 6.07) is 3.24. The molecule has 122 valence electrons. The number of carboxylic acid groups (broad SMARTS) is 1. The summed E-state index contributed by atoms with van der Waals surface area (Å²) in [6.45, 7) is -0.642. The Morgan fingerprint density at radius 2 is 1.86 bits per heavy atom. The number of aromatic carboxylic acids is 1. The van der Waals surface area contributed by atoms with Crippen LogP contribution in [0.2, 0.25) is 0 Å². The fourth-order valence-electron chi connectivity index (χ4n) is 2.08. The number of carbonyl (C=O) groups is 1. The van der Waals surface area contributed by atoms with Crippen molar-refractivity contribution < 1.29 is 44.9 Å². The standard InChI is InChI=1S/C13H16O9/c14-4-8-9(16)10(17)11(18)13(22-8)21-7-3-5(15)1-2-6(7)12(19)20/h1-3,8-11,13-18H,4H2,(H,19,20)/t8-,9-,10+,11+,13+/m1/s1. The van der Waals surface area contributed by atoms with E-state index in [1.54, 1.807) is 0 Å². The molecule has 9 nitrogen and oxygen atoms in total. The van der Waals surface area contributed by atoms with E-state index in [9.17, 15) is 25.2 Å². The summed E-state index contributed by atoms with van der Waals surface area (Å²) in [7, 11) is 0. The van der Waals surface area contributed by atoms with Crippen molar-refractivity contribution in [2.75, 3.05) is 6.61 Å². The molecule has 2 rings (SSSR count). The number of aliphatic hydroxyl groups is 4. The van der Waals surface area contributed by atoms with Crippen molar-refractivity contribution in [2.45, 2.75) is 30.7 Å². The van der Waals surface area contributed by atoms with Crippen LogP contribution in [0.25, 0.3) is 0 Å². The third kappa shape index (κ3) is 3.13. The summed E-state index contributed by atoms with van der Waals surface area (Å²) in [5, 5.41) is 56.6. The van der Waals surface area contributed by atoms with Crippen LogP contribution in [-0.4, -0.2) is 73.9 Å². The number of benzene rings is 1. The van der Waals surface area contributed by atoms with Crippen LogP contribution in [0.5, 0.6) is 11.5 Å². The lowest BCUT2D eigenvalue weighted by Gasteiger charge is -2.39. The molecule has 5 atom stereocenters. The molecule has 0 spiro atoms. The SMILES string of the molecule is O=C(O)c1ccc(O)cc1O[C@H]1O[C@H](CO)[C@@H](O)[C@H](O)[C@@H]1O. The van der Waals surface area contributed by atoms with Gasteiger partial charge in [-0.05, 0) is 12.1 Å². The van der Waals surface area contributed by atoms with E-state index in [0.29, 0.717) is 0 Å². The second kappa shape index (κ2) is 6.46. The van der Waals surface area contributed by atoms with Crippen molar-refractivity contribution in [3.8, 4) is 11.5 Å². The van der Waals surface area contributed by atoms with Crippen LogP contribution in [0, 0.1) is 0 Å². The van der Waals surface area contributed by atoms with E-state index in [4.69, 9.17) is 19.7 Å². The normalized spacial score (nSPS) is 31.7. The van der Waals surface area contributed by atoms with Gasteiger partial charge >= 0.3 is 5.97 Å². The zero-order valence-electron chi connectivity index (χ0n) is 11.2. The molecule has 0 unspecified atom stereocenters. The van der Waals surface area contributed by atoms with Gasteiger partial charge in [-0.1, -0.05) is 0 Å². The lowest BCUT2D eigenvalue weighted by molar-refractivity contribution is -0.277. The molecule has 1 heterocycles. The maximum atomic E-state index is 11.1. The predicted molar refractivity (Wildman–Crippen MR) is 69.5 cm³/mol. The van der Waals surface area contributed by atoms with E-state index >= 15 is 0 Å². The summed E-state index contributed by atoms with van der Waals surface area (Å²) in [4.78, 5) is 11.1. The minimum atomic E-state index is -1.68. The van der Waals surface area contributed by atoms with E-state index < -0.39 is 43.3 Å². The Labute approximate surface area is 124 Å². The lowest BCUT2D eigenvalue weighted by Crippen LogP contribution is -2.60. The average molecular weight is 316 g/mol. The minimum Gasteiger partial charge on any atom is -0.508 e. The third-order valence-electron chi connectivity index (χ3n) is 3.29. The molecule has 1 aliphatic heterocycles. The number of rotatable bonds is 4. The molecule has 0 saturated carbocycles. The zero-order chi connectivity index (χ0) is 16.4. The van der Waals surface area contributed by atoms with Gasteiger partial charge in [0.15, 0.2) is 0 Å². The van der Waals surface area contributed by atoms with Gasteiger partial charge in [-0.15, -0.1) is 0 Å². The first-order chi connectivity index (χ1) is 10.3. The van der Waals surface area contributed by atoms with Crippen molar-refractivity contribution in [3.63, 3.8) is 0 Å². The molecule has 0 aliphatic carbocycles. The van der Waals surface area contributed by atoms with Gasteiger partial charge in [0.05, 0.1) is 6.61 Å². The van der Waals surface area contributed by atoms with E-state index in [1.807, 2.05) is 0 Å². The molecule has 0 bridgehead atoms. The molecule has 6 N–H and O–H groups in total. The molecular weight excluding hydrogens is 300 g/mol. The van der Waals surface area contributed by atoms with E-state index in [0.717, 1.165) is 18.2 Å². The highest BCUT2D eigenvalue weighted by atomic mass is 16.7. The molecule has 9 heteroatoms. The van der Waals surface area contributed by atoms with E-state index in [2.05, 4.69) is 0 Å². The van der Waals surface area contributed by atoms with Gasteiger partial charge in [-0.3, -0.25) is 0 Å². The number of aromatic hydroxyl groups is 1. The Kier molecular flexibility index (Phi) is 4.84. The smallest absolute Gasteiger partial charge is 0.339 e. The maximum Gasteiger partial charge on any atom is 0.339 e. The topological polar surface area (TPSA) is 157 Å². The van der Waals surface area contributed by atoms with E-state index in [1.165, 1.54) is 0 Å². The van der Waals surface area contributed by atoms with Gasteiger partial charge < -0.3 is 40.1 Å². The fourth-order valence-corrected chi connectivity index (χ4v) is 2.08. The molecule has 22 heavy (non-hydrogen) atoms. The first-order valence-electron chi connectivity index (χ1n) is 6.38. The van der Waals surface area contributed by atoms with Crippen molar-refractivity contribution >= 4 is 5.97 Å². The number of aliphatic hydroxyl groups excluding tert-OH is 4. The number of phenolic OH excluding ortho intramolecular Hbond substituents is 1. The Morgan fingerprint density at radius 3 is 2.45 bits per heavy atom. The third-order valence-corrected chi connectivity index (χ3v) is 3.29. The number of hydrogen-bond acceptors (Lipinski definition) is 8. The van der Waals surface area contributed by atoms with Gasteiger partial charge in [0.1, 0.15) is 41.5 Å². The second-order valence-corrected chi connectivity index (χ2v) is 4.80. The molecule has 1 aromatic rings. The summed E-state index contributed by atoms with van der Waals surface area (Å²) >= 11 is 0. The van der Waals surface area contributed by atoms with Crippen LogP contribution in [0.1, 0.15) is 10.4 Å². The molecule has 1 aromatic carbocycles.